The molecule has 0 radical (unpaired) electrons. The fraction of sp³-hybridized carbons (Fsp3) is 0.917. The molecule has 0 heterocycles. The number of aliphatic hydroxyl groups is 1. The molecule has 0 bridgehead atoms. The van der Waals surface area contributed by atoms with Crippen LogP contribution in [0.15, 0.2) is 0 Å². The SMILES string of the molecule is O=C(O)NCCCCCCCCCCCO. The van der Waals surface area contributed by atoms with Gasteiger partial charge >= 0.3 is 6.09 Å². The molecule has 0 aliphatic rings. The van der Waals surface area contributed by atoms with Gasteiger partial charge in [-0.3, -0.25) is 0 Å². The molecule has 0 saturated heterocycles. The van der Waals surface area contributed by atoms with Crippen molar-refractivity contribution in [3.05, 3.63) is 0 Å². The van der Waals surface area contributed by atoms with Crippen LogP contribution >= 0.6 is 0 Å². The lowest BCUT2D eigenvalue weighted by molar-refractivity contribution is 0.194. The molecule has 0 aromatic carbocycles. The van der Waals surface area contributed by atoms with Gasteiger partial charge in [0.2, 0.25) is 0 Å². The van der Waals surface area contributed by atoms with Crippen LogP contribution in [0, 0.1) is 0 Å². The van der Waals surface area contributed by atoms with Crippen molar-refractivity contribution in [2.45, 2.75) is 57.8 Å². The summed E-state index contributed by atoms with van der Waals surface area (Å²) in [5.41, 5.74) is 0. The summed E-state index contributed by atoms with van der Waals surface area (Å²) < 4.78 is 0. The second kappa shape index (κ2) is 12.3. The van der Waals surface area contributed by atoms with Gasteiger partial charge in [-0.25, -0.2) is 4.79 Å². The lowest BCUT2D eigenvalue weighted by Crippen LogP contribution is -2.21. The highest BCUT2D eigenvalue weighted by molar-refractivity contribution is 5.64. The fourth-order valence-electron chi connectivity index (χ4n) is 1.67. The molecule has 0 aromatic heterocycles. The fourth-order valence-corrected chi connectivity index (χ4v) is 1.67. The second-order valence-corrected chi connectivity index (χ2v) is 4.14. The van der Waals surface area contributed by atoms with Crippen LogP contribution in [-0.2, 0) is 0 Å². The molecule has 0 spiro atoms. The lowest BCUT2D eigenvalue weighted by atomic mass is 10.1. The summed E-state index contributed by atoms with van der Waals surface area (Å²) >= 11 is 0. The maximum absolute atomic E-state index is 10.1. The molecule has 3 N–H and O–H groups in total. The Labute approximate surface area is 98.1 Å². The van der Waals surface area contributed by atoms with Crippen LogP contribution < -0.4 is 5.32 Å². The maximum atomic E-state index is 10.1. The van der Waals surface area contributed by atoms with Crippen molar-refractivity contribution < 1.29 is 15.0 Å². The van der Waals surface area contributed by atoms with E-state index in [1.54, 1.807) is 0 Å². The Kier molecular flexibility index (Phi) is 11.7. The maximum Gasteiger partial charge on any atom is 0.404 e. The van der Waals surface area contributed by atoms with E-state index in [0.29, 0.717) is 13.2 Å². The van der Waals surface area contributed by atoms with Gasteiger partial charge in [0.25, 0.3) is 0 Å². The smallest absolute Gasteiger partial charge is 0.404 e. The van der Waals surface area contributed by atoms with E-state index in [2.05, 4.69) is 5.32 Å². The molecule has 0 aliphatic heterocycles. The predicted octanol–water partition coefficient (Wildman–Crippen LogP) is 2.76. The van der Waals surface area contributed by atoms with Crippen LogP contribution in [-0.4, -0.2) is 29.5 Å². The minimum Gasteiger partial charge on any atom is -0.465 e. The first-order valence-electron chi connectivity index (χ1n) is 6.35. The van der Waals surface area contributed by atoms with Crippen molar-refractivity contribution in [1.82, 2.24) is 5.32 Å². The van der Waals surface area contributed by atoms with Crippen LogP contribution in [0.4, 0.5) is 4.79 Å². The standard InChI is InChI=1S/C12H25NO3/c14-11-9-7-5-3-1-2-4-6-8-10-13-12(15)16/h13-14H,1-11H2,(H,15,16). The average molecular weight is 231 g/mol. The summed E-state index contributed by atoms with van der Waals surface area (Å²) in [6.07, 6.45) is 9.37. The van der Waals surface area contributed by atoms with Crippen LogP contribution in [0.3, 0.4) is 0 Å². The molecule has 4 heteroatoms. The molecule has 0 atom stereocenters. The predicted molar refractivity (Wildman–Crippen MR) is 64.7 cm³/mol. The minimum absolute atomic E-state index is 0.316. The first-order chi connectivity index (χ1) is 7.77. The Bertz CT molecular complexity index is 162. The molecular formula is C12H25NO3. The van der Waals surface area contributed by atoms with E-state index in [-0.39, 0.29) is 0 Å². The first kappa shape index (κ1) is 15.2. The van der Waals surface area contributed by atoms with Crippen LogP contribution in [0.2, 0.25) is 0 Å². The molecule has 0 unspecified atom stereocenters. The minimum atomic E-state index is -0.927. The number of unbranched alkanes of at least 4 members (excludes halogenated alkanes) is 8. The Morgan fingerprint density at radius 3 is 1.69 bits per heavy atom. The van der Waals surface area contributed by atoms with Crippen molar-refractivity contribution in [2.24, 2.45) is 0 Å². The number of nitrogens with one attached hydrogen (secondary N) is 1. The number of hydrogen-bond donors (Lipinski definition) is 3. The van der Waals surface area contributed by atoms with Gasteiger partial charge in [0, 0.05) is 13.2 Å². The van der Waals surface area contributed by atoms with E-state index in [0.717, 1.165) is 25.7 Å². The molecular weight excluding hydrogens is 206 g/mol. The van der Waals surface area contributed by atoms with E-state index >= 15 is 0 Å². The molecule has 0 aliphatic carbocycles. The number of carbonyl (C=O) groups is 1. The van der Waals surface area contributed by atoms with E-state index in [1.165, 1.54) is 32.1 Å². The molecule has 0 saturated carbocycles. The van der Waals surface area contributed by atoms with Gasteiger partial charge in [-0.2, -0.15) is 0 Å². The second-order valence-electron chi connectivity index (χ2n) is 4.14. The van der Waals surface area contributed by atoms with Crippen LogP contribution in [0.5, 0.6) is 0 Å². The van der Waals surface area contributed by atoms with Crippen molar-refractivity contribution in [1.29, 1.82) is 0 Å². The molecule has 0 rings (SSSR count). The zero-order valence-electron chi connectivity index (χ0n) is 10.1. The van der Waals surface area contributed by atoms with E-state index in [9.17, 15) is 4.79 Å². The Balaban J connectivity index is 2.90. The zero-order chi connectivity index (χ0) is 12.1. The van der Waals surface area contributed by atoms with Gasteiger partial charge in [0.15, 0.2) is 0 Å². The molecule has 0 fully saturated rings. The number of aliphatic hydroxyl groups excluding tert-OH is 1. The Hall–Kier alpha value is -0.770. The highest BCUT2D eigenvalue weighted by atomic mass is 16.4. The molecule has 96 valence electrons. The summed E-state index contributed by atoms with van der Waals surface area (Å²) in [5, 5.41) is 19.3. The largest absolute Gasteiger partial charge is 0.465 e. The molecule has 16 heavy (non-hydrogen) atoms. The summed E-state index contributed by atoms with van der Waals surface area (Å²) in [5.74, 6) is 0. The van der Waals surface area contributed by atoms with Gasteiger partial charge < -0.3 is 15.5 Å². The third kappa shape index (κ3) is 13.2. The topological polar surface area (TPSA) is 69.6 Å². The van der Waals surface area contributed by atoms with Crippen LogP contribution in [0.1, 0.15) is 57.8 Å². The molecule has 1 amide bonds. The highest BCUT2D eigenvalue weighted by Gasteiger charge is 1.94. The van der Waals surface area contributed by atoms with Gasteiger partial charge in [-0.05, 0) is 12.8 Å². The van der Waals surface area contributed by atoms with Crippen molar-refractivity contribution >= 4 is 6.09 Å². The number of rotatable bonds is 11. The number of hydrogen-bond acceptors (Lipinski definition) is 2. The average Bonchev–Trinajstić information content (AvgIpc) is 2.25. The summed E-state index contributed by atoms with van der Waals surface area (Å²) in [4.78, 5) is 10.1. The quantitative estimate of drug-likeness (QED) is 0.479. The van der Waals surface area contributed by atoms with E-state index < -0.39 is 6.09 Å². The van der Waals surface area contributed by atoms with E-state index in [4.69, 9.17) is 10.2 Å². The number of amides is 1. The van der Waals surface area contributed by atoms with Crippen molar-refractivity contribution in [3.63, 3.8) is 0 Å². The number of carboxylic acid groups (broad SMARTS) is 1. The summed E-state index contributed by atoms with van der Waals surface area (Å²) in [6.45, 7) is 0.891. The Morgan fingerprint density at radius 2 is 1.25 bits per heavy atom. The van der Waals surface area contributed by atoms with Gasteiger partial charge in [-0.15, -0.1) is 0 Å². The zero-order valence-corrected chi connectivity index (χ0v) is 10.1. The van der Waals surface area contributed by atoms with Crippen LogP contribution in [0.25, 0.3) is 0 Å². The van der Waals surface area contributed by atoms with Gasteiger partial charge in [0.05, 0.1) is 0 Å². The lowest BCUT2D eigenvalue weighted by Gasteiger charge is -2.02. The molecule has 4 nitrogen and oxygen atoms in total. The van der Waals surface area contributed by atoms with Crippen molar-refractivity contribution in [2.75, 3.05) is 13.2 Å². The van der Waals surface area contributed by atoms with E-state index in [1.807, 2.05) is 0 Å². The van der Waals surface area contributed by atoms with Crippen molar-refractivity contribution in [3.8, 4) is 0 Å². The first-order valence-corrected chi connectivity index (χ1v) is 6.35. The monoisotopic (exact) mass is 231 g/mol. The highest BCUT2D eigenvalue weighted by Crippen LogP contribution is 2.09. The molecule has 0 aromatic rings. The van der Waals surface area contributed by atoms with Gasteiger partial charge in [0.1, 0.15) is 0 Å². The third-order valence-corrected chi connectivity index (χ3v) is 2.61. The Morgan fingerprint density at radius 1 is 0.812 bits per heavy atom. The third-order valence-electron chi connectivity index (χ3n) is 2.61. The normalized spacial score (nSPS) is 10.3. The van der Waals surface area contributed by atoms with Gasteiger partial charge in [-0.1, -0.05) is 44.9 Å². The summed E-state index contributed by atoms with van der Waals surface area (Å²) in [7, 11) is 0. The summed E-state index contributed by atoms with van der Waals surface area (Å²) in [6, 6.07) is 0.